The molecule has 42 heavy (non-hydrogen) atoms. The van der Waals surface area contributed by atoms with Crippen molar-refractivity contribution in [2.75, 3.05) is 10.6 Å². The topological polar surface area (TPSA) is 176 Å². The van der Waals surface area contributed by atoms with Gasteiger partial charge in [0.15, 0.2) is 11.2 Å². The minimum atomic E-state index is -1.42. The third-order valence-corrected chi connectivity index (χ3v) is 7.01. The van der Waals surface area contributed by atoms with E-state index in [4.69, 9.17) is 17.7 Å². The van der Waals surface area contributed by atoms with Gasteiger partial charge >= 0.3 is 0 Å². The van der Waals surface area contributed by atoms with Gasteiger partial charge in [0.05, 0.1) is 15.2 Å². The molecule has 0 radical (unpaired) electrons. The summed E-state index contributed by atoms with van der Waals surface area (Å²) in [6.07, 6.45) is 1.36. The smallest absolute Gasteiger partial charge is 0.272 e. The number of rotatable bonds is 8. The fraction of sp³-hybridized carbons (Fsp3) is 0.0370. The highest BCUT2D eigenvalue weighted by molar-refractivity contribution is 9.11. The predicted molar refractivity (Wildman–Crippen MR) is 173 cm³/mol. The average molecular weight is 711 g/mol. The van der Waals surface area contributed by atoms with Crippen LogP contribution < -0.4 is 26.9 Å². The number of anilines is 2. The summed E-state index contributed by atoms with van der Waals surface area (Å²) in [4.78, 5) is 29.0. The molecule has 1 atom stereocenters. The third kappa shape index (κ3) is 8.17. The van der Waals surface area contributed by atoms with Gasteiger partial charge < -0.3 is 15.7 Å². The van der Waals surface area contributed by atoms with Crippen molar-refractivity contribution in [3.8, 4) is 5.75 Å². The van der Waals surface area contributed by atoms with E-state index in [2.05, 4.69) is 73.9 Å². The molecule has 0 fully saturated rings. The minimum Gasteiger partial charge on any atom is -0.506 e. The Hall–Kier alpha value is -4.69. The normalized spacial score (nSPS) is 11.3. The SMILES string of the molecule is [N-]=[N+]=Nc1ccc(NC(=S)NNC(=O)C(Nc2ccc3ccccc3c2)C(=O)NN=Cc2cc(Br)c(O)c(Br)c2)cc1. The van der Waals surface area contributed by atoms with Gasteiger partial charge in [-0.05, 0) is 102 Å². The molecule has 4 rings (SSSR count). The summed E-state index contributed by atoms with van der Waals surface area (Å²) < 4.78 is 0.865. The highest BCUT2D eigenvalue weighted by Gasteiger charge is 2.27. The quantitative estimate of drug-likeness (QED) is 0.0249. The van der Waals surface area contributed by atoms with Gasteiger partial charge in [0, 0.05) is 22.0 Å². The van der Waals surface area contributed by atoms with Gasteiger partial charge in [-0.3, -0.25) is 20.4 Å². The molecule has 0 aliphatic rings. The van der Waals surface area contributed by atoms with Crippen LogP contribution >= 0.6 is 44.1 Å². The molecule has 212 valence electrons. The van der Waals surface area contributed by atoms with Gasteiger partial charge in [0.2, 0.25) is 0 Å². The summed E-state index contributed by atoms with van der Waals surface area (Å²) in [5.74, 6) is -1.46. The average Bonchev–Trinajstić information content (AvgIpc) is 2.98. The van der Waals surface area contributed by atoms with Gasteiger partial charge in [-0.25, -0.2) is 5.43 Å². The van der Waals surface area contributed by atoms with Crippen LogP contribution in [-0.2, 0) is 9.59 Å². The van der Waals surface area contributed by atoms with Crippen molar-refractivity contribution in [2.45, 2.75) is 6.04 Å². The fourth-order valence-electron chi connectivity index (χ4n) is 3.61. The number of phenolic OH excluding ortho intramolecular Hbond substituents is 1. The molecule has 0 heterocycles. The first kappa shape index (κ1) is 30.3. The van der Waals surface area contributed by atoms with Crippen LogP contribution in [0, 0.1) is 0 Å². The zero-order chi connectivity index (χ0) is 30.1. The Morgan fingerprint density at radius 3 is 2.26 bits per heavy atom. The van der Waals surface area contributed by atoms with E-state index in [1.807, 2.05) is 36.4 Å². The van der Waals surface area contributed by atoms with Crippen molar-refractivity contribution in [1.82, 2.24) is 16.3 Å². The third-order valence-electron chi connectivity index (χ3n) is 5.60. The maximum Gasteiger partial charge on any atom is 0.272 e. The first-order chi connectivity index (χ1) is 20.2. The molecule has 0 spiro atoms. The van der Waals surface area contributed by atoms with Crippen molar-refractivity contribution in [3.05, 3.63) is 104 Å². The number of hydrazine groups is 1. The summed E-state index contributed by atoms with van der Waals surface area (Å²) in [6.45, 7) is 0. The summed E-state index contributed by atoms with van der Waals surface area (Å²) in [5.41, 5.74) is 18.0. The monoisotopic (exact) mass is 709 g/mol. The molecule has 6 N–H and O–H groups in total. The second kappa shape index (κ2) is 14.3. The zero-order valence-electron chi connectivity index (χ0n) is 21.4. The Balaban J connectivity index is 1.46. The lowest BCUT2D eigenvalue weighted by Crippen LogP contribution is -2.54. The molecule has 12 nitrogen and oxygen atoms in total. The summed E-state index contributed by atoms with van der Waals surface area (Å²) in [5, 5.41) is 25.1. The summed E-state index contributed by atoms with van der Waals surface area (Å²) >= 11 is 11.7. The van der Waals surface area contributed by atoms with Crippen molar-refractivity contribution in [2.24, 2.45) is 10.2 Å². The van der Waals surface area contributed by atoms with E-state index in [-0.39, 0.29) is 10.9 Å². The van der Waals surface area contributed by atoms with Crippen LogP contribution in [0.4, 0.5) is 17.1 Å². The van der Waals surface area contributed by atoms with Gasteiger partial charge in [-0.1, -0.05) is 47.6 Å². The number of benzene rings is 4. The molecular weight excluding hydrogens is 690 g/mol. The molecule has 4 aromatic rings. The van der Waals surface area contributed by atoms with Crippen molar-refractivity contribution >= 4 is 95.1 Å². The van der Waals surface area contributed by atoms with Gasteiger partial charge in [0.1, 0.15) is 5.75 Å². The van der Waals surface area contributed by atoms with Crippen LogP contribution in [0.2, 0.25) is 0 Å². The molecule has 0 aliphatic carbocycles. The molecule has 0 aliphatic heterocycles. The number of nitrogens with one attached hydrogen (secondary N) is 5. The van der Waals surface area contributed by atoms with Crippen LogP contribution in [0.25, 0.3) is 21.2 Å². The van der Waals surface area contributed by atoms with E-state index in [9.17, 15) is 14.7 Å². The lowest BCUT2D eigenvalue weighted by molar-refractivity contribution is -0.130. The Bertz CT molecular complexity index is 1710. The number of fused-ring (bicyclic) bond motifs is 1. The van der Waals surface area contributed by atoms with Crippen LogP contribution in [0.15, 0.2) is 98.0 Å². The molecule has 0 saturated heterocycles. The van der Waals surface area contributed by atoms with Gasteiger partial charge in [-0.15, -0.1) is 0 Å². The number of carbonyl (C=O) groups excluding carboxylic acids is 2. The standard InChI is InChI=1S/C27H21Br2N9O3S/c28-21-11-15(12-22(29)24(21)39)14-31-35-25(40)23(32-20-6-5-16-3-1-2-4-17(16)13-20)26(41)36-37-27(42)33-18-7-9-19(10-8-18)34-38-30/h1-14,23,32,39H,(H,35,40)(H,36,41)(H2,33,37,42). The maximum atomic E-state index is 13.2. The first-order valence-electron chi connectivity index (χ1n) is 12.0. The number of hydrazone groups is 1. The van der Waals surface area contributed by atoms with Crippen molar-refractivity contribution < 1.29 is 14.7 Å². The van der Waals surface area contributed by atoms with Crippen LogP contribution in [-0.4, -0.2) is 34.3 Å². The van der Waals surface area contributed by atoms with E-state index in [1.54, 1.807) is 42.5 Å². The lowest BCUT2D eigenvalue weighted by atomic mass is 10.1. The second-order valence-electron chi connectivity index (χ2n) is 8.51. The van der Waals surface area contributed by atoms with Crippen molar-refractivity contribution in [3.63, 3.8) is 0 Å². The Kier molecular flexibility index (Phi) is 10.3. The van der Waals surface area contributed by atoms with Crippen molar-refractivity contribution in [1.29, 1.82) is 0 Å². The fourth-order valence-corrected chi connectivity index (χ4v) is 5.00. The molecule has 0 saturated carbocycles. The first-order valence-corrected chi connectivity index (χ1v) is 14.0. The largest absolute Gasteiger partial charge is 0.506 e. The number of azide groups is 1. The van der Waals surface area contributed by atoms with Crippen LogP contribution in [0.3, 0.4) is 0 Å². The highest BCUT2D eigenvalue weighted by atomic mass is 79.9. The molecular formula is C27H21Br2N9O3S. The Labute approximate surface area is 261 Å². The zero-order valence-corrected chi connectivity index (χ0v) is 25.4. The number of phenols is 1. The van der Waals surface area contributed by atoms with Gasteiger partial charge in [0.25, 0.3) is 11.8 Å². The molecule has 0 aromatic heterocycles. The highest BCUT2D eigenvalue weighted by Crippen LogP contribution is 2.32. The van der Waals surface area contributed by atoms with E-state index in [0.717, 1.165) is 10.8 Å². The predicted octanol–water partition coefficient (Wildman–Crippen LogP) is 5.96. The Morgan fingerprint density at radius 2 is 1.57 bits per heavy atom. The number of hydrogen-bond donors (Lipinski definition) is 6. The minimum absolute atomic E-state index is 0.0255. The summed E-state index contributed by atoms with van der Waals surface area (Å²) in [6, 6.07) is 21.4. The molecule has 1 unspecified atom stereocenters. The number of carbonyl (C=O) groups is 2. The second-order valence-corrected chi connectivity index (χ2v) is 10.6. The van der Waals surface area contributed by atoms with Crippen LogP contribution in [0.1, 0.15) is 5.56 Å². The van der Waals surface area contributed by atoms with E-state index in [1.165, 1.54) is 6.21 Å². The molecule has 4 aromatic carbocycles. The van der Waals surface area contributed by atoms with Crippen LogP contribution in [0.5, 0.6) is 5.75 Å². The molecule has 0 bridgehead atoms. The number of hydrogen-bond acceptors (Lipinski definition) is 7. The maximum absolute atomic E-state index is 13.2. The lowest BCUT2D eigenvalue weighted by Gasteiger charge is -2.19. The molecule has 15 heteroatoms. The molecule has 2 amide bonds. The van der Waals surface area contributed by atoms with E-state index in [0.29, 0.717) is 31.6 Å². The van der Waals surface area contributed by atoms with E-state index < -0.39 is 17.9 Å². The summed E-state index contributed by atoms with van der Waals surface area (Å²) in [7, 11) is 0. The number of nitrogens with zero attached hydrogens (tertiary/aromatic N) is 4. The van der Waals surface area contributed by atoms with E-state index >= 15 is 0 Å². The van der Waals surface area contributed by atoms with Gasteiger partial charge in [-0.2, -0.15) is 5.10 Å². The number of thiocarbonyl (C=S) groups is 1. The number of halogens is 2. The number of aromatic hydroxyl groups is 1. The number of amides is 2. The Morgan fingerprint density at radius 1 is 0.905 bits per heavy atom.